The summed E-state index contributed by atoms with van der Waals surface area (Å²) in [6, 6.07) is 9.93. The van der Waals surface area contributed by atoms with Crippen molar-refractivity contribution in [2.45, 2.75) is 136 Å². The Labute approximate surface area is 404 Å². The summed E-state index contributed by atoms with van der Waals surface area (Å²) in [5, 5.41) is 60.1. The van der Waals surface area contributed by atoms with Gasteiger partial charge in [-0.25, -0.2) is 4.79 Å². The number of rotatable bonds is 28. The monoisotopic (exact) mass is 990 g/mol. The number of unbranched alkanes of at least 4 members (excludes halogenated alkanes) is 3. The fourth-order valence-corrected chi connectivity index (χ4v) is 7.61. The summed E-state index contributed by atoms with van der Waals surface area (Å²) < 4.78 is 21.9. The van der Waals surface area contributed by atoms with Gasteiger partial charge in [0.05, 0.1) is 93.6 Å². The third kappa shape index (κ3) is 30.6. The molecule has 0 aromatic carbocycles. The third-order valence-corrected chi connectivity index (χ3v) is 11.2. The molecule has 0 fully saturated rings. The van der Waals surface area contributed by atoms with Crippen molar-refractivity contribution < 1.29 is 59.2 Å². The number of halogens is 1. The van der Waals surface area contributed by atoms with Gasteiger partial charge in [-0.05, 0) is 92.4 Å². The van der Waals surface area contributed by atoms with E-state index in [0.29, 0.717) is 97.3 Å². The van der Waals surface area contributed by atoms with E-state index in [2.05, 4.69) is 45.7 Å². The normalized spacial score (nSPS) is 10.9. The van der Waals surface area contributed by atoms with Gasteiger partial charge >= 0.3 is 6.09 Å². The molecule has 0 bridgehead atoms. The number of aromatic nitrogens is 3. The summed E-state index contributed by atoms with van der Waals surface area (Å²) in [6.45, 7) is 12.0. The van der Waals surface area contributed by atoms with Crippen molar-refractivity contribution in [1.29, 1.82) is 0 Å². The lowest BCUT2D eigenvalue weighted by Crippen LogP contribution is -2.33. The number of amides is 2. The van der Waals surface area contributed by atoms with Gasteiger partial charge in [-0.2, -0.15) is 0 Å². The van der Waals surface area contributed by atoms with Gasteiger partial charge in [0, 0.05) is 60.7 Å². The Morgan fingerprint density at radius 2 is 0.939 bits per heavy atom. The number of carbonyl (C=O) groups is 2. The Morgan fingerprint density at radius 1 is 0.591 bits per heavy atom. The minimum Gasteiger partial charge on any atom is -0.493 e. The van der Waals surface area contributed by atoms with E-state index in [1.165, 1.54) is 0 Å². The number of hydrogen-bond donors (Lipinski definition) is 9. The molecule has 0 aliphatic heterocycles. The van der Waals surface area contributed by atoms with Gasteiger partial charge < -0.3 is 66.0 Å². The van der Waals surface area contributed by atoms with Crippen molar-refractivity contribution in [2.24, 2.45) is 5.73 Å². The van der Waals surface area contributed by atoms with Gasteiger partial charge in [0.2, 0.25) is 5.91 Å². The van der Waals surface area contributed by atoms with Crippen molar-refractivity contribution in [2.75, 3.05) is 45.7 Å². The number of alkyl carbamates (subject to hydrolysis) is 1. The molecular weight excluding hydrogens is 916 g/mol. The number of carbonyl (C=O) groups excluding carboxylic acids is 2. The van der Waals surface area contributed by atoms with Crippen molar-refractivity contribution in [3.05, 3.63) is 70.6 Å². The molecule has 10 N–H and O–H groups in total. The predicted molar refractivity (Wildman–Crippen MR) is 260 cm³/mol. The molecule has 18 nitrogen and oxygen atoms in total. The summed E-state index contributed by atoms with van der Waals surface area (Å²) in [4.78, 5) is 35.4. The Hall–Kier alpha value is -3.70. The van der Waals surface area contributed by atoms with Crippen LogP contribution in [0.3, 0.4) is 0 Å². The number of hydrogen-bond acceptors (Lipinski definition) is 18. The molecule has 0 atom stereocenters. The topological polar surface area (TPSA) is 281 Å². The summed E-state index contributed by atoms with van der Waals surface area (Å²) in [7, 11) is 3.53. The van der Waals surface area contributed by atoms with E-state index >= 15 is 0 Å². The highest BCUT2D eigenvalue weighted by Crippen LogP contribution is 2.37. The van der Waals surface area contributed by atoms with Gasteiger partial charge in [0.15, 0.2) is 0 Å². The van der Waals surface area contributed by atoms with Crippen molar-refractivity contribution in [3.8, 4) is 17.2 Å². The molecule has 3 rings (SSSR count). The van der Waals surface area contributed by atoms with Crippen molar-refractivity contribution in [3.63, 3.8) is 0 Å². The number of nitrogens with two attached hydrogens (primary N) is 1. The summed E-state index contributed by atoms with van der Waals surface area (Å²) in [5.41, 5.74) is 7.73. The molecule has 0 aliphatic carbocycles. The quantitative estimate of drug-likeness (QED) is 0.0331. The van der Waals surface area contributed by atoms with E-state index in [1.54, 1.807) is 58.0 Å². The Balaban J connectivity index is 0.000000978. The number of nitrogens with zero attached hydrogens (tertiary/aromatic N) is 3. The Morgan fingerprint density at radius 3 is 1.26 bits per heavy atom. The molecule has 0 unspecified atom stereocenters. The maximum Gasteiger partial charge on any atom is 0.407 e. The largest absolute Gasteiger partial charge is 0.493 e. The highest BCUT2D eigenvalue weighted by molar-refractivity contribution is 8.76. The van der Waals surface area contributed by atoms with Crippen LogP contribution in [0.15, 0.2) is 36.4 Å². The number of aliphatic hydroxyl groups excluding tert-OH is 6. The standard InChI is InChI=1S/C18H30N2O4S2.C16H26N2O5.C11H18N2O3.ClH/c1-18(2,26-25-3)7-6-17(23)19-8-4-5-9-24-16-10-14(12-21)20-15(11-16)13-22;1-16(2,3)23-15(21)17-6-4-5-7-22-14-8-12(10-19)18-13(9-14)11-20;12-3-1-2-4-16-11-5-9(7-14)13-10(6-11)8-15;/h10-11,21-22H,4-9,12-13H2,1-3H3,(H,19,23);8-9,19-20H,4-7,10-11H2,1-3H3,(H,17,21);5-6,14-15H,1-4,7-8,12H2;1H. The van der Waals surface area contributed by atoms with Crippen LogP contribution < -0.4 is 30.6 Å². The van der Waals surface area contributed by atoms with Crippen LogP contribution in [0, 0.1) is 0 Å². The van der Waals surface area contributed by atoms with Crippen LogP contribution in [0.5, 0.6) is 17.2 Å². The summed E-state index contributed by atoms with van der Waals surface area (Å²) in [5.74, 6) is 1.87. The molecule has 3 heterocycles. The maximum atomic E-state index is 11.9. The maximum absolute atomic E-state index is 11.9. The van der Waals surface area contributed by atoms with E-state index in [-0.39, 0.29) is 62.7 Å². The Kier molecular flexibility index (Phi) is 34.3. The van der Waals surface area contributed by atoms with Gasteiger partial charge in [-0.1, -0.05) is 21.6 Å². The first-order valence-corrected chi connectivity index (χ1v) is 24.3. The molecule has 21 heteroatoms. The molecule has 2 amide bonds. The SMILES string of the molecule is CC(C)(C)OC(=O)NCCCCOc1cc(CO)nc(CO)c1.CSSC(C)(C)CCC(=O)NCCCCOc1cc(CO)nc(CO)c1.Cl.NCCCCOc1cc(CO)nc(CO)c1. The van der Waals surface area contributed by atoms with Crippen LogP contribution in [0.1, 0.15) is 120 Å². The molecular formula is C45H75ClN6O12S2. The molecule has 3 aromatic rings. The molecule has 376 valence electrons. The van der Waals surface area contributed by atoms with Gasteiger partial charge in [0.25, 0.3) is 0 Å². The van der Waals surface area contributed by atoms with Crippen LogP contribution >= 0.6 is 34.0 Å². The van der Waals surface area contributed by atoms with Crippen LogP contribution in [0.25, 0.3) is 0 Å². The number of pyridine rings is 3. The average Bonchev–Trinajstić information content (AvgIpc) is 3.28. The zero-order valence-corrected chi connectivity index (χ0v) is 41.8. The number of ether oxygens (including phenoxy) is 4. The first-order chi connectivity index (χ1) is 31.0. The predicted octanol–water partition coefficient (Wildman–Crippen LogP) is 5.27. The Bertz CT molecular complexity index is 1710. The molecule has 0 saturated carbocycles. The van der Waals surface area contributed by atoms with Crippen LogP contribution in [0.2, 0.25) is 0 Å². The van der Waals surface area contributed by atoms with Crippen molar-refractivity contribution in [1.82, 2.24) is 25.6 Å². The molecule has 0 aliphatic rings. The van der Waals surface area contributed by atoms with Crippen molar-refractivity contribution >= 4 is 46.0 Å². The second-order valence-corrected chi connectivity index (χ2v) is 19.2. The number of aliphatic hydroxyl groups is 6. The minimum atomic E-state index is -0.497. The van der Waals surface area contributed by atoms with E-state index in [1.807, 2.05) is 20.8 Å². The molecule has 0 saturated heterocycles. The zero-order valence-electron chi connectivity index (χ0n) is 39.4. The van der Waals surface area contributed by atoms with E-state index in [0.717, 1.165) is 44.9 Å². The second kappa shape index (κ2) is 36.4. The van der Waals surface area contributed by atoms with Crippen LogP contribution in [0.4, 0.5) is 4.79 Å². The molecule has 0 radical (unpaired) electrons. The summed E-state index contributed by atoms with van der Waals surface area (Å²) >= 11 is 0. The smallest absolute Gasteiger partial charge is 0.407 e. The highest BCUT2D eigenvalue weighted by atomic mass is 35.5. The van der Waals surface area contributed by atoms with E-state index in [4.69, 9.17) is 55.3 Å². The third-order valence-electron chi connectivity index (χ3n) is 8.49. The van der Waals surface area contributed by atoms with Crippen LogP contribution in [-0.4, -0.2) is 114 Å². The fourth-order valence-electron chi connectivity index (χ4n) is 5.37. The first-order valence-electron chi connectivity index (χ1n) is 21.7. The van der Waals surface area contributed by atoms with Crippen LogP contribution in [-0.2, 0) is 49.2 Å². The lowest BCUT2D eigenvalue weighted by atomic mass is 10.1. The average molecular weight is 992 g/mol. The fraction of sp³-hybridized carbons (Fsp3) is 0.622. The number of nitrogens with one attached hydrogen (secondary N) is 2. The molecule has 66 heavy (non-hydrogen) atoms. The van der Waals surface area contributed by atoms with Gasteiger partial charge in [0.1, 0.15) is 22.8 Å². The van der Waals surface area contributed by atoms with E-state index in [9.17, 15) is 9.59 Å². The first kappa shape index (κ1) is 62.3. The van der Waals surface area contributed by atoms with Gasteiger partial charge in [-0.3, -0.25) is 19.7 Å². The highest BCUT2D eigenvalue weighted by Gasteiger charge is 2.19. The van der Waals surface area contributed by atoms with Gasteiger partial charge in [-0.15, -0.1) is 12.4 Å². The minimum absolute atomic E-state index is 0. The molecule has 3 aromatic heterocycles. The molecule has 0 spiro atoms. The lowest BCUT2D eigenvalue weighted by Gasteiger charge is -2.21. The van der Waals surface area contributed by atoms with E-state index < -0.39 is 11.7 Å². The zero-order chi connectivity index (χ0) is 48.5. The summed E-state index contributed by atoms with van der Waals surface area (Å²) in [6.07, 6.45) is 7.98. The lowest BCUT2D eigenvalue weighted by molar-refractivity contribution is -0.121. The second-order valence-electron chi connectivity index (χ2n) is 16.0.